The van der Waals surface area contributed by atoms with Crippen molar-refractivity contribution in [1.82, 2.24) is 10.4 Å². The van der Waals surface area contributed by atoms with Crippen molar-refractivity contribution in [1.29, 1.82) is 0 Å². The molecular formula is C20H25N3O6. The first-order valence-electron chi connectivity index (χ1n) is 9.09. The molecule has 2 aromatic carbocycles. The van der Waals surface area contributed by atoms with Crippen molar-refractivity contribution < 1.29 is 29.3 Å². The second kappa shape index (κ2) is 9.57. The maximum atomic E-state index is 11.7. The minimum atomic E-state index is -0.974. The topological polar surface area (TPSA) is 113 Å². The van der Waals surface area contributed by atoms with Gasteiger partial charge in [-0.05, 0) is 36.4 Å². The van der Waals surface area contributed by atoms with Gasteiger partial charge in [-0.1, -0.05) is 6.07 Å². The lowest BCUT2D eigenvalue weighted by atomic mass is 10.1. The third-order valence-electron chi connectivity index (χ3n) is 4.62. The van der Waals surface area contributed by atoms with Gasteiger partial charge in [0.15, 0.2) is 6.35 Å². The van der Waals surface area contributed by atoms with E-state index in [0.29, 0.717) is 25.4 Å². The number of nitrogens with one attached hydrogen (secondary N) is 2. The molecule has 1 heterocycles. The largest absolute Gasteiger partial charge is 0.497 e. The van der Waals surface area contributed by atoms with Crippen molar-refractivity contribution in [3.8, 4) is 11.5 Å². The summed E-state index contributed by atoms with van der Waals surface area (Å²) in [5.74, 6) is 0.610. The zero-order valence-corrected chi connectivity index (χ0v) is 16.3. The van der Waals surface area contributed by atoms with Gasteiger partial charge in [-0.2, -0.15) is 0 Å². The van der Waals surface area contributed by atoms with E-state index >= 15 is 0 Å². The smallest absolute Gasteiger partial charge is 0.274 e. The predicted octanol–water partition coefficient (Wildman–Crippen LogP) is 1.41. The fraction of sp³-hybridized carbons (Fsp3) is 0.350. The zero-order chi connectivity index (χ0) is 20.8. The van der Waals surface area contributed by atoms with Crippen molar-refractivity contribution in [2.75, 3.05) is 32.7 Å². The number of carbonyl (C=O) groups is 1. The molecule has 4 N–H and O–H groups in total. The molecule has 0 spiro atoms. The standard InChI is InChI=1S/C20H25N3O6/c1-27-12-17-11-23(20(25)21-15-5-7-16(28-2)8-6-15)10-14-4-3-13(19(24)22-26)9-18(14)29-17/h3-9,17,20-21,25-26H,10-12H2,1-2H3,(H,22,24)/t17-,20?/m1/s1. The quantitative estimate of drug-likeness (QED) is 0.312. The van der Waals surface area contributed by atoms with Crippen LogP contribution in [0.2, 0.25) is 0 Å². The number of hydroxylamine groups is 1. The molecule has 3 rings (SSSR count). The molecule has 0 radical (unpaired) electrons. The summed E-state index contributed by atoms with van der Waals surface area (Å²) in [4.78, 5) is 13.5. The lowest BCUT2D eigenvalue weighted by Crippen LogP contribution is -2.45. The van der Waals surface area contributed by atoms with Crippen molar-refractivity contribution in [3.63, 3.8) is 0 Å². The molecule has 1 aliphatic heterocycles. The van der Waals surface area contributed by atoms with Crippen LogP contribution >= 0.6 is 0 Å². The number of fused-ring (bicyclic) bond motifs is 1. The van der Waals surface area contributed by atoms with Gasteiger partial charge < -0.3 is 24.6 Å². The summed E-state index contributed by atoms with van der Waals surface area (Å²) in [6, 6.07) is 12.1. The number of hydrogen-bond acceptors (Lipinski definition) is 8. The third-order valence-corrected chi connectivity index (χ3v) is 4.62. The molecule has 2 atom stereocenters. The molecule has 0 saturated heterocycles. The number of anilines is 1. The van der Waals surface area contributed by atoms with E-state index in [9.17, 15) is 9.90 Å². The second-order valence-electron chi connectivity index (χ2n) is 6.63. The molecule has 2 aromatic rings. The Morgan fingerprint density at radius 1 is 1.28 bits per heavy atom. The van der Waals surface area contributed by atoms with Gasteiger partial charge in [0.05, 0.1) is 13.7 Å². The number of hydrogen-bond donors (Lipinski definition) is 4. The van der Waals surface area contributed by atoms with E-state index in [2.05, 4.69) is 5.32 Å². The second-order valence-corrected chi connectivity index (χ2v) is 6.63. The number of aliphatic hydroxyl groups excluding tert-OH is 1. The van der Waals surface area contributed by atoms with Gasteiger partial charge in [0, 0.05) is 37.0 Å². The number of rotatable bonds is 7. The van der Waals surface area contributed by atoms with Crippen LogP contribution in [0.4, 0.5) is 5.69 Å². The molecule has 1 unspecified atom stereocenters. The van der Waals surface area contributed by atoms with Crippen molar-refractivity contribution >= 4 is 11.6 Å². The van der Waals surface area contributed by atoms with Crippen LogP contribution in [0.3, 0.4) is 0 Å². The first kappa shape index (κ1) is 20.9. The molecule has 0 saturated carbocycles. The summed E-state index contributed by atoms with van der Waals surface area (Å²) in [5.41, 5.74) is 3.42. The summed E-state index contributed by atoms with van der Waals surface area (Å²) < 4.78 is 16.4. The highest BCUT2D eigenvalue weighted by Crippen LogP contribution is 2.28. The minimum absolute atomic E-state index is 0.271. The highest BCUT2D eigenvalue weighted by atomic mass is 16.5. The average molecular weight is 403 g/mol. The molecule has 0 bridgehead atoms. The van der Waals surface area contributed by atoms with E-state index in [0.717, 1.165) is 17.0 Å². The maximum Gasteiger partial charge on any atom is 0.274 e. The Hall–Kier alpha value is -2.85. The SMILES string of the molecule is COC[C@H]1CN(C(O)Nc2ccc(OC)cc2)Cc2ccc(C(=O)NO)cc2O1. The lowest BCUT2D eigenvalue weighted by Gasteiger charge is -2.29. The van der Waals surface area contributed by atoms with Gasteiger partial charge in [-0.25, -0.2) is 5.48 Å². The number of carbonyl (C=O) groups excluding carboxylic acids is 1. The summed E-state index contributed by atoms with van der Waals surface area (Å²) in [7, 11) is 3.17. The monoisotopic (exact) mass is 403 g/mol. The summed E-state index contributed by atoms with van der Waals surface area (Å²) in [5, 5.41) is 22.7. The number of methoxy groups -OCH3 is 2. The summed E-state index contributed by atoms with van der Waals surface area (Å²) in [6.07, 6.45) is -1.33. The molecule has 0 aromatic heterocycles. The van der Waals surface area contributed by atoms with E-state index in [1.807, 2.05) is 17.0 Å². The molecule has 0 fully saturated rings. The molecule has 1 amide bonds. The number of aliphatic hydroxyl groups is 1. The lowest BCUT2D eigenvalue weighted by molar-refractivity contribution is -0.0123. The molecular weight excluding hydrogens is 378 g/mol. The first-order chi connectivity index (χ1) is 14.0. The Labute approximate surface area is 168 Å². The fourth-order valence-electron chi connectivity index (χ4n) is 3.15. The normalized spacial score (nSPS) is 17.4. The van der Waals surface area contributed by atoms with Crippen LogP contribution < -0.4 is 20.3 Å². The summed E-state index contributed by atoms with van der Waals surface area (Å²) in [6.45, 7) is 1.09. The van der Waals surface area contributed by atoms with E-state index in [-0.39, 0.29) is 11.7 Å². The molecule has 156 valence electrons. The predicted molar refractivity (Wildman–Crippen MR) is 105 cm³/mol. The molecule has 29 heavy (non-hydrogen) atoms. The van der Waals surface area contributed by atoms with Crippen LogP contribution in [0, 0.1) is 0 Å². The van der Waals surface area contributed by atoms with Gasteiger partial charge in [-0.3, -0.25) is 14.9 Å². The molecule has 0 aliphatic carbocycles. The Balaban J connectivity index is 1.80. The highest BCUT2D eigenvalue weighted by molar-refractivity contribution is 5.93. The number of nitrogens with zero attached hydrogens (tertiary/aromatic N) is 1. The van der Waals surface area contributed by atoms with Crippen molar-refractivity contribution in [3.05, 3.63) is 53.6 Å². The van der Waals surface area contributed by atoms with Crippen molar-refractivity contribution in [2.24, 2.45) is 0 Å². The number of ether oxygens (including phenoxy) is 3. The maximum absolute atomic E-state index is 11.7. The Morgan fingerprint density at radius 3 is 2.69 bits per heavy atom. The Kier molecular flexibility index (Phi) is 6.89. The van der Waals surface area contributed by atoms with Crippen LogP contribution in [0.15, 0.2) is 42.5 Å². The zero-order valence-electron chi connectivity index (χ0n) is 16.3. The van der Waals surface area contributed by atoms with Crippen LogP contribution in [-0.4, -0.2) is 60.9 Å². The fourth-order valence-corrected chi connectivity index (χ4v) is 3.15. The van der Waals surface area contributed by atoms with Gasteiger partial charge in [0.2, 0.25) is 0 Å². The number of amides is 1. The highest BCUT2D eigenvalue weighted by Gasteiger charge is 2.27. The van der Waals surface area contributed by atoms with E-state index in [1.165, 1.54) is 0 Å². The van der Waals surface area contributed by atoms with Gasteiger partial charge in [0.25, 0.3) is 5.91 Å². The van der Waals surface area contributed by atoms with E-state index in [1.54, 1.807) is 50.0 Å². The van der Waals surface area contributed by atoms with Gasteiger partial charge in [0.1, 0.15) is 17.6 Å². The van der Waals surface area contributed by atoms with Gasteiger partial charge in [-0.15, -0.1) is 0 Å². The van der Waals surface area contributed by atoms with E-state index in [4.69, 9.17) is 19.4 Å². The molecule has 9 nitrogen and oxygen atoms in total. The van der Waals surface area contributed by atoms with Gasteiger partial charge >= 0.3 is 0 Å². The van der Waals surface area contributed by atoms with Crippen LogP contribution in [-0.2, 0) is 11.3 Å². The Bertz CT molecular complexity index is 829. The molecule has 1 aliphatic rings. The average Bonchev–Trinajstić information content (AvgIpc) is 2.92. The summed E-state index contributed by atoms with van der Waals surface area (Å²) >= 11 is 0. The van der Waals surface area contributed by atoms with Crippen LogP contribution in [0.1, 0.15) is 15.9 Å². The van der Waals surface area contributed by atoms with Crippen LogP contribution in [0.25, 0.3) is 0 Å². The Morgan fingerprint density at radius 2 is 2.03 bits per heavy atom. The van der Waals surface area contributed by atoms with Crippen LogP contribution in [0.5, 0.6) is 11.5 Å². The van der Waals surface area contributed by atoms with Crippen molar-refractivity contribution in [2.45, 2.75) is 19.0 Å². The van der Waals surface area contributed by atoms with E-state index < -0.39 is 12.3 Å². The first-order valence-corrected chi connectivity index (χ1v) is 9.09. The molecule has 9 heteroatoms. The number of benzene rings is 2. The minimum Gasteiger partial charge on any atom is -0.497 e. The third kappa shape index (κ3) is 5.15.